The maximum atomic E-state index is 12.1. The van der Waals surface area contributed by atoms with Crippen LogP contribution in [0.25, 0.3) is 0 Å². The summed E-state index contributed by atoms with van der Waals surface area (Å²) in [6.07, 6.45) is 2.57. The highest BCUT2D eigenvalue weighted by molar-refractivity contribution is 6.33. The molecule has 2 rings (SSSR count). The van der Waals surface area contributed by atoms with Crippen molar-refractivity contribution in [1.29, 1.82) is 0 Å². The van der Waals surface area contributed by atoms with E-state index in [-0.39, 0.29) is 5.91 Å². The van der Waals surface area contributed by atoms with Crippen LogP contribution in [-0.2, 0) is 4.79 Å². The number of amides is 1. The maximum absolute atomic E-state index is 12.1. The number of hydrogen-bond donors (Lipinski definition) is 2. The molecule has 3 N–H and O–H groups in total. The van der Waals surface area contributed by atoms with Crippen LogP contribution in [0.4, 0.5) is 11.4 Å². The first-order valence-corrected chi connectivity index (χ1v) is 7.42. The van der Waals surface area contributed by atoms with Crippen molar-refractivity contribution in [1.82, 2.24) is 4.90 Å². The number of benzene rings is 1. The molecule has 0 heterocycles. The second-order valence-electron chi connectivity index (χ2n) is 5.75. The van der Waals surface area contributed by atoms with Gasteiger partial charge in [-0.25, -0.2) is 0 Å². The second kappa shape index (κ2) is 6.46. The number of nitrogen functional groups attached to an aromatic ring is 1. The van der Waals surface area contributed by atoms with E-state index in [0.717, 1.165) is 12.5 Å². The molecule has 0 radical (unpaired) electrons. The fourth-order valence-corrected chi connectivity index (χ4v) is 2.27. The van der Waals surface area contributed by atoms with E-state index in [0.29, 0.717) is 29.0 Å². The van der Waals surface area contributed by atoms with Gasteiger partial charge in [-0.15, -0.1) is 0 Å². The Bertz CT molecular complexity index is 486. The molecular formula is C15H22ClN3O. The average Bonchev–Trinajstić information content (AvgIpc) is 3.17. The lowest BCUT2D eigenvalue weighted by molar-refractivity contribution is -0.117. The minimum atomic E-state index is -0.0492. The van der Waals surface area contributed by atoms with Gasteiger partial charge in [-0.3, -0.25) is 9.69 Å². The number of hydrogen-bond acceptors (Lipinski definition) is 3. The Morgan fingerprint density at radius 1 is 1.50 bits per heavy atom. The van der Waals surface area contributed by atoms with Crippen molar-refractivity contribution in [3.05, 3.63) is 23.2 Å². The molecule has 0 atom stereocenters. The van der Waals surface area contributed by atoms with Gasteiger partial charge >= 0.3 is 0 Å². The van der Waals surface area contributed by atoms with Crippen LogP contribution in [0, 0.1) is 5.92 Å². The van der Waals surface area contributed by atoms with Crippen molar-refractivity contribution in [2.45, 2.75) is 32.7 Å². The normalized spacial score (nSPS) is 14.8. The van der Waals surface area contributed by atoms with Crippen LogP contribution < -0.4 is 11.1 Å². The number of nitrogens with two attached hydrogens (primary N) is 1. The standard InChI is InChI=1S/C15H22ClN3O/c1-10(2)19(8-11-3-4-11)9-15(20)18-14-7-12(17)5-6-13(14)16/h5-7,10-11H,3-4,8-9,17H2,1-2H3,(H,18,20). The molecule has 1 aromatic rings. The Labute approximate surface area is 125 Å². The summed E-state index contributed by atoms with van der Waals surface area (Å²) in [4.78, 5) is 14.3. The Hall–Kier alpha value is -1.26. The zero-order chi connectivity index (χ0) is 14.7. The van der Waals surface area contributed by atoms with E-state index < -0.39 is 0 Å². The van der Waals surface area contributed by atoms with E-state index >= 15 is 0 Å². The first kappa shape index (κ1) is 15.1. The predicted octanol–water partition coefficient (Wildman–Crippen LogP) is 2.98. The summed E-state index contributed by atoms with van der Waals surface area (Å²) in [5.41, 5.74) is 6.87. The predicted molar refractivity (Wildman–Crippen MR) is 83.9 cm³/mol. The zero-order valence-corrected chi connectivity index (χ0v) is 12.8. The van der Waals surface area contributed by atoms with Crippen LogP contribution in [0.2, 0.25) is 5.02 Å². The van der Waals surface area contributed by atoms with Crippen LogP contribution >= 0.6 is 11.6 Å². The Balaban J connectivity index is 1.94. The van der Waals surface area contributed by atoms with E-state index in [1.54, 1.807) is 18.2 Å². The van der Waals surface area contributed by atoms with Crippen LogP contribution in [0.5, 0.6) is 0 Å². The third-order valence-electron chi connectivity index (χ3n) is 3.53. The second-order valence-corrected chi connectivity index (χ2v) is 6.16. The van der Waals surface area contributed by atoms with Gasteiger partial charge in [0.1, 0.15) is 0 Å². The lowest BCUT2D eigenvalue weighted by Crippen LogP contribution is -2.39. The Morgan fingerprint density at radius 2 is 2.20 bits per heavy atom. The number of rotatable bonds is 6. The summed E-state index contributed by atoms with van der Waals surface area (Å²) in [6, 6.07) is 5.45. The molecule has 1 aliphatic carbocycles. The summed E-state index contributed by atoms with van der Waals surface area (Å²) in [6.45, 7) is 5.61. The first-order valence-electron chi connectivity index (χ1n) is 7.04. The van der Waals surface area contributed by atoms with Crippen LogP contribution in [0.3, 0.4) is 0 Å². The molecule has 0 aliphatic heterocycles. The van der Waals surface area contributed by atoms with Crippen molar-refractivity contribution >= 4 is 28.9 Å². The van der Waals surface area contributed by atoms with Crippen LogP contribution in [-0.4, -0.2) is 29.9 Å². The molecular weight excluding hydrogens is 274 g/mol. The highest BCUT2D eigenvalue weighted by Crippen LogP contribution is 2.30. The van der Waals surface area contributed by atoms with E-state index in [1.807, 2.05) is 0 Å². The topological polar surface area (TPSA) is 58.4 Å². The molecule has 0 saturated heterocycles. The molecule has 1 amide bonds. The highest BCUT2D eigenvalue weighted by atomic mass is 35.5. The molecule has 1 aliphatic rings. The number of nitrogens with one attached hydrogen (secondary N) is 1. The minimum absolute atomic E-state index is 0.0492. The van der Waals surface area contributed by atoms with Crippen LogP contribution in [0.1, 0.15) is 26.7 Å². The molecule has 1 saturated carbocycles. The van der Waals surface area contributed by atoms with Gasteiger partial charge in [0.25, 0.3) is 0 Å². The highest BCUT2D eigenvalue weighted by Gasteiger charge is 2.26. The van der Waals surface area contributed by atoms with Gasteiger partial charge in [0.05, 0.1) is 17.3 Å². The summed E-state index contributed by atoms with van der Waals surface area (Å²) in [5, 5.41) is 3.34. The van der Waals surface area contributed by atoms with Gasteiger partial charge in [0, 0.05) is 18.3 Å². The van der Waals surface area contributed by atoms with E-state index in [9.17, 15) is 4.79 Å². The molecule has 0 spiro atoms. The summed E-state index contributed by atoms with van der Waals surface area (Å²) >= 11 is 6.05. The number of anilines is 2. The molecule has 1 fully saturated rings. The number of carbonyl (C=O) groups excluding carboxylic acids is 1. The summed E-state index contributed by atoms with van der Waals surface area (Å²) < 4.78 is 0. The van der Waals surface area contributed by atoms with Gasteiger partial charge < -0.3 is 11.1 Å². The van der Waals surface area contributed by atoms with Crippen molar-refractivity contribution in [3.8, 4) is 0 Å². The Kier molecular flexibility index (Phi) is 4.89. The Morgan fingerprint density at radius 3 is 2.80 bits per heavy atom. The first-order chi connectivity index (χ1) is 9.45. The smallest absolute Gasteiger partial charge is 0.238 e. The molecule has 20 heavy (non-hydrogen) atoms. The molecule has 5 heteroatoms. The van der Waals surface area contributed by atoms with Crippen molar-refractivity contribution in [3.63, 3.8) is 0 Å². The molecule has 0 aromatic heterocycles. The largest absolute Gasteiger partial charge is 0.399 e. The number of nitrogens with zero attached hydrogens (tertiary/aromatic N) is 1. The average molecular weight is 296 g/mol. The van der Waals surface area contributed by atoms with Crippen molar-refractivity contribution in [2.24, 2.45) is 5.92 Å². The van der Waals surface area contributed by atoms with Crippen LogP contribution in [0.15, 0.2) is 18.2 Å². The quantitative estimate of drug-likeness (QED) is 0.793. The van der Waals surface area contributed by atoms with Gasteiger partial charge in [0.2, 0.25) is 5.91 Å². The maximum Gasteiger partial charge on any atom is 0.238 e. The fraction of sp³-hybridized carbons (Fsp3) is 0.533. The van der Waals surface area contributed by atoms with E-state index in [1.165, 1.54) is 12.8 Å². The van der Waals surface area contributed by atoms with Gasteiger partial charge in [-0.05, 0) is 50.8 Å². The summed E-state index contributed by atoms with van der Waals surface area (Å²) in [5.74, 6) is 0.716. The zero-order valence-electron chi connectivity index (χ0n) is 12.0. The minimum Gasteiger partial charge on any atom is -0.399 e. The van der Waals surface area contributed by atoms with Gasteiger partial charge in [0.15, 0.2) is 0 Å². The molecule has 0 unspecified atom stereocenters. The monoisotopic (exact) mass is 295 g/mol. The lowest BCUT2D eigenvalue weighted by Gasteiger charge is -2.25. The van der Waals surface area contributed by atoms with Gasteiger partial charge in [-0.2, -0.15) is 0 Å². The molecule has 110 valence electrons. The van der Waals surface area contributed by atoms with Crippen molar-refractivity contribution < 1.29 is 4.79 Å². The third kappa shape index (κ3) is 4.39. The summed E-state index contributed by atoms with van der Waals surface area (Å²) in [7, 11) is 0. The molecule has 0 bridgehead atoms. The lowest BCUT2D eigenvalue weighted by atomic mass is 10.2. The SMILES string of the molecule is CC(C)N(CC(=O)Nc1cc(N)ccc1Cl)CC1CC1. The van der Waals surface area contributed by atoms with Gasteiger partial charge in [-0.1, -0.05) is 11.6 Å². The van der Waals surface area contributed by atoms with E-state index in [2.05, 4.69) is 24.1 Å². The third-order valence-corrected chi connectivity index (χ3v) is 3.86. The molecule has 4 nitrogen and oxygen atoms in total. The van der Waals surface area contributed by atoms with E-state index in [4.69, 9.17) is 17.3 Å². The number of halogens is 1. The number of carbonyl (C=O) groups is 1. The molecule has 1 aromatic carbocycles. The fourth-order valence-electron chi connectivity index (χ4n) is 2.10. The van der Waals surface area contributed by atoms with Crippen molar-refractivity contribution in [2.75, 3.05) is 24.1 Å².